The first kappa shape index (κ1) is 11.7. The number of hydrogen-bond acceptors (Lipinski definition) is 5. The summed E-state index contributed by atoms with van der Waals surface area (Å²) in [5.41, 5.74) is 7.19. The molecule has 0 spiro atoms. The number of para-hydroxylation sites is 1. The largest absolute Gasteiger partial charge is 0.396 e. The molecule has 0 aliphatic heterocycles. The molecule has 0 unspecified atom stereocenters. The van der Waals surface area contributed by atoms with Crippen molar-refractivity contribution in [1.82, 2.24) is 10.1 Å². The van der Waals surface area contributed by atoms with E-state index in [1.165, 1.54) is 0 Å². The molecule has 6 heteroatoms. The molecule has 1 heterocycles. The quantitative estimate of drug-likeness (QED) is 0.817. The lowest BCUT2D eigenvalue weighted by atomic mass is 10.2. The fourth-order valence-corrected chi connectivity index (χ4v) is 1.62. The van der Waals surface area contributed by atoms with E-state index in [4.69, 9.17) is 21.9 Å². The molecule has 0 atom stereocenters. The van der Waals surface area contributed by atoms with Crippen molar-refractivity contribution in [3.63, 3.8) is 0 Å². The Morgan fingerprint density at radius 2 is 2.29 bits per heavy atom. The number of halogens is 1. The number of nitrogen functional groups attached to an aromatic ring is 1. The van der Waals surface area contributed by atoms with Crippen molar-refractivity contribution in [1.29, 1.82) is 0 Å². The second-order valence-corrected chi connectivity index (χ2v) is 4.01. The van der Waals surface area contributed by atoms with Crippen molar-refractivity contribution in [2.24, 2.45) is 0 Å². The maximum atomic E-state index is 5.91. The lowest BCUT2D eigenvalue weighted by Gasteiger charge is -2.08. The normalized spacial score (nSPS) is 10.5. The van der Waals surface area contributed by atoms with E-state index in [0.29, 0.717) is 35.4 Å². The number of nitrogens with one attached hydrogen (secondary N) is 1. The van der Waals surface area contributed by atoms with Crippen LogP contribution < -0.4 is 11.1 Å². The number of anilines is 2. The van der Waals surface area contributed by atoms with E-state index in [2.05, 4.69) is 15.5 Å². The summed E-state index contributed by atoms with van der Waals surface area (Å²) >= 11 is 5.91. The van der Waals surface area contributed by atoms with Crippen LogP contribution in [0.25, 0.3) is 0 Å². The zero-order valence-corrected chi connectivity index (χ0v) is 10.2. The predicted molar refractivity (Wildman–Crippen MR) is 67.1 cm³/mol. The first-order valence-corrected chi connectivity index (χ1v) is 5.61. The van der Waals surface area contributed by atoms with Gasteiger partial charge in [0.25, 0.3) is 0 Å². The zero-order chi connectivity index (χ0) is 12.3. The molecule has 2 rings (SSSR count). The average Bonchev–Trinajstić information content (AvgIpc) is 2.70. The first-order chi connectivity index (χ1) is 8.16. The third-order valence-corrected chi connectivity index (χ3v) is 2.62. The Bertz CT molecular complexity index is 512. The summed E-state index contributed by atoms with van der Waals surface area (Å²) in [4.78, 5) is 4.11. The summed E-state index contributed by atoms with van der Waals surface area (Å²) < 4.78 is 4.88. The van der Waals surface area contributed by atoms with Gasteiger partial charge in [-0.05, 0) is 12.1 Å². The van der Waals surface area contributed by atoms with Gasteiger partial charge in [0.15, 0.2) is 5.82 Å². The van der Waals surface area contributed by atoms with Gasteiger partial charge in [0, 0.05) is 19.9 Å². The van der Waals surface area contributed by atoms with Gasteiger partial charge >= 0.3 is 0 Å². The second-order valence-electron chi connectivity index (χ2n) is 3.61. The standard InChI is InChI=1S/C11H13ClN4O/c1-7-15-10(16-17-7)5-6-14-9-4-2-3-8(12)11(9)13/h2-4,14H,5-6,13H2,1H3. The number of benzene rings is 1. The molecule has 5 nitrogen and oxygen atoms in total. The van der Waals surface area contributed by atoms with Gasteiger partial charge in [-0.2, -0.15) is 4.98 Å². The molecule has 3 N–H and O–H groups in total. The monoisotopic (exact) mass is 252 g/mol. The Kier molecular flexibility index (Phi) is 3.49. The smallest absolute Gasteiger partial charge is 0.223 e. The molecule has 0 amide bonds. The molecule has 1 aromatic carbocycles. The highest BCUT2D eigenvalue weighted by Gasteiger charge is 2.04. The molecule has 0 aliphatic carbocycles. The highest BCUT2D eigenvalue weighted by atomic mass is 35.5. The van der Waals surface area contributed by atoms with E-state index in [1.807, 2.05) is 12.1 Å². The van der Waals surface area contributed by atoms with Gasteiger partial charge < -0.3 is 15.6 Å². The average molecular weight is 253 g/mol. The Labute approximate surface area is 104 Å². The van der Waals surface area contributed by atoms with Crippen LogP contribution in [0.2, 0.25) is 5.02 Å². The molecule has 0 fully saturated rings. The fraction of sp³-hybridized carbons (Fsp3) is 0.273. The third-order valence-electron chi connectivity index (χ3n) is 2.29. The number of rotatable bonds is 4. The molecular formula is C11H13ClN4O. The van der Waals surface area contributed by atoms with Crippen LogP contribution in [0.4, 0.5) is 11.4 Å². The maximum Gasteiger partial charge on any atom is 0.223 e. The van der Waals surface area contributed by atoms with E-state index >= 15 is 0 Å². The van der Waals surface area contributed by atoms with Crippen LogP contribution in [0.15, 0.2) is 22.7 Å². The van der Waals surface area contributed by atoms with E-state index in [-0.39, 0.29) is 0 Å². The molecule has 0 saturated heterocycles. The SMILES string of the molecule is Cc1nc(CCNc2cccc(Cl)c2N)no1. The molecule has 0 bridgehead atoms. The minimum absolute atomic E-state index is 0.547. The van der Waals surface area contributed by atoms with E-state index < -0.39 is 0 Å². The predicted octanol–water partition coefficient (Wildman–Crippen LogP) is 2.27. The van der Waals surface area contributed by atoms with Crippen molar-refractivity contribution in [2.45, 2.75) is 13.3 Å². The molecular weight excluding hydrogens is 240 g/mol. The summed E-state index contributed by atoms with van der Waals surface area (Å²) in [6.45, 7) is 2.43. The number of aryl methyl sites for hydroxylation is 1. The van der Waals surface area contributed by atoms with Gasteiger partial charge in [-0.3, -0.25) is 0 Å². The molecule has 1 aromatic heterocycles. The highest BCUT2D eigenvalue weighted by molar-refractivity contribution is 6.33. The first-order valence-electron chi connectivity index (χ1n) is 5.24. The van der Waals surface area contributed by atoms with Crippen LogP contribution >= 0.6 is 11.6 Å². The van der Waals surface area contributed by atoms with Crippen molar-refractivity contribution in [3.05, 3.63) is 34.9 Å². The second kappa shape index (κ2) is 5.05. The van der Waals surface area contributed by atoms with Gasteiger partial charge in [-0.1, -0.05) is 22.8 Å². The topological polar surface area (TPSA) is 77.0 Å². The van der Waals surface area contributed by atoms with Crippen LogP contribution in [0, 0.1) is 6.92 Å². The number of nitrogens with two attached hydrogens (primary N) is 1. The van der Waals surface area contributed by atoms with Crippen molar-refractivity contribution < 1.29 is 4.52 Å². The Hall–Kier alpha value is -1.75. The van der Waals surface area contributed by atoms with Crippen LogP contribution in [0.5, 0.6) is 0 Å². The van der Waals surface area contributed by atoms with Crippen LogP contribution in [0.3, 0.4) is 0 Å². The van der Waals surface area contributed by atoms with Gasteiger partial charge in [0.2, 0.25) is 5.89 Å². The summed E-state index contributed by atoms with van der Waals surface area (Å²) in [5.74, 6) is 1.25. The van der Waals surface area contributed by atoms with Crippen molar-refractivity contribution in [3.8, 4) is 0 Å². The Morgan fingerprint density at radius 3 is 3.00 bits per heavy atom. The summed E-state index contributed by atoms with van der Waals surface area (Å²) in [6.07, 6.45) is 0.670. The number of aromatic nitrogens is 2. The summed E-state index contributed by atoms with van der Waals surface area (Å²) in [5, 5.41) is 7.53. The van der Waals surface area contributed by atoms with Gasteiger partial charge in [-0.25, -0.2) is 0 Å². The molecule has 90 valence electrons. The van der Waals surface area contributed by atoms with Crippen molar-refractivity contribution in [2.75, 3.05) is 17.6 Å². The van der Waals surface area contributed by atoms with Gasteiger partial charge in [0.1, 0.15) is 0 Å². The maximum absolute atomic E-state index is 5.91. The minimum Gasteiger partial charge on any atom is -0.396 e. The van der Waals surface area contributed by atoms with Gasteiger partial charge in [-0.15, -0.1) is 0 Å². The minimum atomic E-state index is 0.547. The lowest BCUT2D eigenvalue weighted by molar-refractivity contribution is 0.387. The Balaban J connectivity index is 1.92. The zero-order valence-electron chi connectivity index (χ0n) is 9.40. The van der Waals surface area contributed by atoms with E-state index in [0.717, 1.165) is 5.69 Å². The van der Waals surface area contributed by atoms with E-state index in [1.54, 1.807) is 13.0 Å². The number of hydrogen-bond donors (Lipinski definition) is 2. The fourth-order valence-electron chi connectivity index (χ4n) is 1.44. The summed E-state index contributed by atoms with van der Waals surface area (Å²) in [6, 6.07) is 5.48. The number of nitrogens with zero attached hydrogens (tertiary/aromatic N) is 2. The molecule has 0 saturated carbocycles. The van der Waals surface area contributed by atoms with Gasteiger partial charge in [0.05, 0.1) is 16.4 Å². The lowest BCUT2D eigenvalue weighted by Crippen LogP contribution is -2.07. The van der Waals surface area contributed by atoms with E-state index in [9.17, 15) is 0 Å². The highest BCUT2D eigenvalue weighted by Crippen LogP contribution is 2.26. The summed E-state index contributed by atoms with van der Waals surface area (Å²) in [7, 11) is 0. The van der Waals surface area contributed by atoms with Crippen LogP contribution in [-0.4, -0.2) is 16.7 Å². The third kappa shape index (κ3) is 2.88. The van der Waals surface area contributed by atoms with Crippen LogP contribution in [0.1, 0.15) is 11.7 Å². The molecule has 0 aliphatic rings. The Morgan fingerprint density at radius 1 is 1.47 bits per heavy atom. The molecule has 0 radical (unpaired) electrons. The van der Waals surface area contributed by atoms with Crippen molar-refractivity contribution >= 4 is 23.0 Å². The van der Waals surface area contributed by atoms with Crippen LogP contribution in [-0.2, 0) is 6.42 Å². The molecule has 17 heavy (non-hydrogen) atoms. The molecule has 2 aromatic rings.